The molecule has 3 N–H and O–H groups in total. The summed E-state index contributed by atoms with van der Waals surface area (Å²) >= 11 is 11.7. The Hall–Kier alpha value is -2.84. The molecular weight excluding hydrogens is 373 g/mol. The number of nitrogens with zero attached hydrogens (tertiary/aromatic N) is 1. The molecule has 25 heavy (non-hydrogen) atoms. The van der Waals surface area contributed by atoms with Crippen LogP contribution >= 0.6 is 23.2 Å². The molecule has 0 saturated heterocycles. The second-order valence-corrected chi connectivity index (χ2v) is 5.61. The molecule has 0 fully saturated rings. The first kappa shape index (κ1) is 18.5. The Bertz CT molecular complexity index is 857. The lowest BCUT2D eigenvalue weighted by Crippen LogP contribution is -2.22. The van der Waals surface area contributed by atoms with Gasteiger partial charge in [-0.3, -0.25) is 19.7 Å². The minimum absolute atomic E-state index is 0.0219. The van der Waals surface area contributed by atoms with E-state index in [0.29, 0.717) is 0 Å². The molecule has 0 aliphatic rings. The summed E-state index contributed by atoms with van der Waals surface area (Å²) in [5, 5.41) is 13.6. The zero-order valence-corrected chi connectivity index (χ0v) is 14.0. The number of carbonyl (C=O) groups is 2. The number of halogens is 2. The van der Waals surface area contributed by atoms with Gasteiger partial charge in [-0.2, -0.15) is 0 Å². The number of hydrogen-bond donors (Lipinski definition) is 2. The van der Waals surface area contributed by atoms with E-state index < -0.39 is 23.3 Å². The predicted octanol–water partition coefficient (Wildman–Crippen LogP) is 3.02. The summed E-state index contributed by atoms with van der Waals surface area (Å²) in [7, 11) is 0. The van der Waals surface area contributed by atoms with Gasteiger partial charge in [-0.05, 0) is 24.3 Å². The quantitative estimate of drug-likeness (QED) is 0.585. The van der Waals surface area contributed by atoms with Gasteiger partial charge in [0, 0.05) is 17.2 Å². The number of amides is 2. The first-order valence-electron chi connectivity index (χ1n) is 6.74. The van der Waals surface area contributed by atoms with Gasteiger partial charge >= 0.3 is 0 Å². The largest absolute Gasteiger partial charge is 0.483 e. The van der Waals surface area contributed by atoms with Crippen molar-refractivity contribution in [1.29, 1.82) is 0 Å². The van der Waals surface area contributed by atoms with E-state index in [9.17, 15) is 19.7 Å². The standard InChI is InChI=1S/C15H11Cl2N3O5/c16-8-1-4-13(10(5-8)15(18)22)25-7-14(21)19-12-6-9(20(23)24)2-3-11(12)17/h1-6H,7H2,(H2,18,22)(H,19,21). The molecule has 0 spiro atoms. The van der Waals surface area contributed by atoms with Crippen molar-refractivity contribution in [2.45, 2.75) is 0 Å². The van der Waals surface area contributed by atoms with E-state index in [4.69, 9.17) is 33.7 Å². The van der Waals surface area contributed by atoms with Crippen LogP contribution in [-0.2, 0) is 4.79 Å². The molecule has 8 nitrogen and oxygen atoms in total. The van der Waals surface area contributed by atoms with E-state index in [1.54, 1.807) is 0 Å². The van der Waals surface area contributed by atoms with Crippen molar-refractivity contribution < 1.29 is 19.2 Å². The van der Waals surface area contributed by atoms with Crippen LogP contribution in [0.1, 0.15) is 10.4 Å². The molecule has 10 heteroatoms. The third-order valence-electron chi connectivity index (χ3n) is 3.00. The number of anilines is 1. The average molecular weight is 384 g/mol. The monoisotopic (exact) mass is 383 g/mol. The van der Waals surface area contributed by atoms with Crippen molar-refractivity contribution in [1.82, 2.24) is 0 Å². The summed E-state index contributed by atoms with van der Waals surface area (Å²) in [4.78, 5) is 33.5. The Morgan fingerprint density at radius 1 is 1.20 bits per heavy atom. The lowest BCUT2D eigenvalue weighted by atomic mass is 10.2. The van der Waals surface area contributed by atoms with E-state index in [2.05, 4.69) is 5.32 Å². The van der Waals surface area contributed by atoms with Crippen molar-refractivity contribution in [2.75, 3.05) is 11.9 Å². The number of nitrogens with one attached hydrogen (secondary N) is 1. The smallest absolute Gasteiger partial charge is 0.271 e. The van der Waals surface area contributed by atoms with E-state index in [1.165, 1.54) is 30.3 Å². The van der Waals surface area contributed by atoms with Crippen molar-refractivity contribution in [3.8, 4) is 5.75 Å². The van der Waals surface area contributed by atoms with Crippen LogP contribution in [0.25, 0.3) is 0 Å². The summed E-state index contributed by atoms with van der Waals surface area (Å²) in [6.45, 7) is -0.471. The van der Waals surface area contributed by atoms with Crippen LogP contribution in [0.15, 0.2) is 36.4 Å². The third-order valence-corrected chi connectivity index (χ3v) is 3.57. The van der Waals surface area contributed by atoms with Crippen LogP contribution in [0.2, 0.25) is 10.0 Å². The molecule has 0 saturated carbocycles. The molecule has 0 aliphatic carbocycles. The van der Waals surface area contributed by atoms with Crippen LogP contribution in [0.4, 0.5) is 11.4 Å². The molecule has 0 aliphatic heterocycles. The van der Waals surface area contributed by atoms with Gasteiger partial charge in [0.05, 0.1) is 21.2 Å². The minimum Gasteiger partial charge on any atom is -0.483 e. The lowest BCUT2D eigenvalue weighted by molar-refractivity contribution is -0.384. The highest BCUT2D eigenvalue weighted by atomic mass is 35.5. The summed E-state index contributed by atoms with van der Waals surface area (Å²) in [5.74, 6) is -1.32. The molecular formula is C15H11Cl2N3O5. The molecule has 2 amide bonds. The molecule has 0 radical (unpaired) electrons. The first-order valence-corrected chi connectivity index (χ1v) is 7.49. The van der Waals surface area contributed by atoms with E-state index in [-0.39, 0.29) is 32.7 Å². The number of nitrogens with two attached hydrogens (primary N) is 1. The van der Waals surface area contributed by atoms with Crippen LogP contribution in [0.3, 0.4) is 0 Å². The molecule has 2 rings (SSSR count). The van der Waals surface area contributed by atoms with Gasteiger partial charge in [-0.15, -0.1) is 0 Å². The summed E-state index contributed by atoms with van der Waals surface area (Å²) in [5.41, 5.74) is 5.08. The zero-order chi connectivity index (χ0) is 18.6. The highest BCUT2D eigenvalue weighted by Crippen LogP contribution is 2.27. The maximum Gasteiger partial charge on any atom is 0.271 e. The number of hydrogen-bond acceptors (Lipinski definition) is 5. The molecule has 2 aromatic rings. The Morgan fingerprint density at radius 2 is 1.92 bits per heavy atom. The van der Waals surface area contributed by atoms with Crippen molar-refractivity contribution in [3.63, 3.8) is 0 Å². The number of nitro benzene ring substituents is 1. The van der Waals surface area contributed by atoms with Gasteiger partial charge in [-0.25, -0.2) is 0 Å². The Morgan fingerprint density at radius 3 is 2.56 bits per heavy atom. The zero-order valence-electron chi connectivity index (χ0n) is 12.5. The number of non-ortho nitro benzene ring substituents is 1. The van der Waals surface area contributed by atoms with Gasteiger partial charge in [-0.1, -0.05) is 23.2 Å². The van der Waals surface area contributed by atoms with Gasteiger partial charge < -0.3 is 15.8 Å². The van der Waals surface area contributed by atoms with E-state index in [1.807, 2.05) is 0 Å². The van der Waals surface area contributed by atoms with Gasteiger partial charge in [0.25, 0.3) is 17.5 Å². The van der Waals surface area contributed by atoms with Crippen LogP contribution in [0, 0.1) is 10.1 Å². The molecule has 0 atom stereocenters. The molecule has 0 bridgehead atoms. The first-order chi connectivity index (χ1) is 11.8. The maximum absolute atomic E-state index is 12.0. The van der Waals surface area contributed by atoms with E-state index in [0.717, 1.165) is 6.07 Å². The Balaban J connectivity index is 2.08. The molecule has 130 valence electrons. The third kappa shape index (κ3) is 4.82. The topological polar surface area (TPSA) is 125 Å². The number of carbonyl (C=O) groups excluding carboxylic acids is 2. The summed E-state index contributed by atoms with van der Waals surface area (Å²) in [6, 6.07) is 7.81. The fourth-order valence-corrected chi connectivity index (χ4v) is 2.21. The van der Waals surface area contributed by atoms with Gasteiger partial charge in [0.15, 0.2) is 6.61 Å². The fraction of sp³-hybridized carbons (Fsp3) is 0.0667. The highest BCUT2D eigenvalue weighted by molar-refractivity contribution is 6.33. The van der Waals surface area contributed by atoms with Crippen molar-refractivity contribution >= 4 is 46.4 Å². The Labute approximate surface area is 151 Å². The average Bonchev–Trinajstić information content (AvgIpc) is 2.55. The fourth-order valence-electron chi connectivity index (χ4n) is 1.87. The number of benzene rings is 2. The number of primary amides is 1. The molecule has 0 unspecified atom stereocenters. The number of ether oxygens (including phenoxy) is 1. The maximum atomic E-state index is 12.0. The second kappa shape index (κ2) is 7.82. The number of nitro groups is 1. The van der Waals surface area contributed by atoms with Crippen molar-refractivity contribution in [2.24, 2.45) is 5.73 Å². The van der Waals surface area contributed by atoms with Crippen LogP contribution in [-0.4, -0.2) is 23.3 Å². The van der Waals surface area contributed by atoms with Crippen LogP contribution in [0.5, 0.6) is 5.75 Å². The molecule has 0 aromatic heterocycles. The second-order valence-electron chi connectivity index (χ2n) is 4.76. The highest BCUT2D eigenvalue weighted by Gasteiger charge is 2.14. The number of rotatable bonds is 6. The molecule has 0 heterocycles. The lowest BCUT2D eigenvalue weighted by Gasteiger charge is -2.11. The normalized spacial score (nSPS) is 10.2. The van der Waals surface area contributed by atoms with Gasteiger partial charge in [0.2, 0.25) is 0 Å². The summed E-state index contributed by atoms with van der Waals surface area (Å²) in [6.07, 6.45) is 0. The minimum atomic E-state index is -0.764. The Kier molecular flexibility index (Phi) is 5.79. The van der Waals surface area contributed by atoms with Gasteiger partial charge in [0.1, 0.15) is 5.75 Å². The van der Waals surface area contributed by atoms with E-state index >= 15 is 0 Å². The van der Waals surface area contributed by atoms with Crippen molar-refractivity contribution in [3.05, 3.63) is 62.1 Å². The summed E-state index contributed by atoms with van der Waals surface area (Å²) < 4.78 is 5.26. The van der Waals surface area contributed by atoms with Crippen LogP contribution < -0.4 is 15.8 Å². The SMILES string of the molecule is NC(=O)c1cc(Cl)ccc1OCC(=O)Nc1cc([N+](=O)[O-])ccc1Cl. The predicted molar refractivity (Wildman–Crippen MR) is 92.2 cm³/mol. The molecule has 2 aromatic carbocycles.